The van der Waals surface area contributed by atoms with Gasteiger partial charge in [-0.1, -0.05) is 31.5 Å². The van der Waals surface area contributed by atoms with E-state index in [1.165, 1.54) is 29.5 Å². The van der Waals surface area contributed by atoms with Gasteiger partial charge in [-0.2, -0.15) is 0 Å². The Kier molecular flexibility index (Phi) is 4.11. The van der Waals surface area contributed by atoms with Crippen LogP contribution >= 0.6 is 0 Å². The molecule has 0 aromatic heterocycles. The lowest BCUT2D eigenvalue weighted by Crippen LogP contribution is -2.29. The number of ether oxygens (including phenoxy) is 1. The summed E-state index contributed by atoms with van der Waals surface area (Å²) in [6, 6.07) is 4.64. The van der Waals surface area contributed by atoms with Crippen LogP contribution in [0.1, 0.15) is 54.9 Å². The molecule has 2 rings (SSSR count). The molecule has 1 aromatic rings. The maximum atomic E-state index is 5.89. The van der Waals surface area contributed by atoms with E-state index < -0.39 is 0 Å². The molecular weight excluding hydrogens is 220 g/mol. The number of hydrogen-bond donors (Lipinski definition) is 0. The van der Waals surface area contributed by atoms with Crippen molar-refractivity contribution in [3.8, 4) is 0 Å². The third kappa shape index (κ3) is 2.77. The van der Waals surface area contributed by atoms with Crippen molar-refractivity contribution in [1.29, 1.82) is 0 Å². The third-order valence-electron chi connectivity index (χ3n) is 4.20. The van der Waals surface area contributed by atoms with Crippen LogP contribution in [0.5, 0.6) is 0 Å². The lowest BCUT2D eigenvalue weighted by molar-refractivity contribution is -0.0202. The average molecular weight is 246 g/mol. The Labute approximate surface area is 112 Å². The first-order valence-corrected chi connectivity index (χ1v) is 7.18. The van der Waals surface area contributed by atoms with E-state index in [-0.39, 0.29) is 0 Å². The molecule has 1 saturated heterocycles. The minimum absolute atomic E-state index is 0.434. The Balaban J connectivity index is 2.26. The lowest BCUT2D eigenvalue weighted by Gasteiger charge is -2.33. The first kappa shape index (κ1) is 13.6. The highest BCUT2D eigenvalue weighted by Crippen LogP contribution is 2.36. The largest absolute Gasteiger partial charge is 0.378 e. The van der Waals surface area contributed by atoms with E-state index >= 15 is 0 Å². The first-order valence-electron chi connectivity index (χ1n) is 7.18. The molecule has 0 unspecified atom stereocenters. The van der Waals surface area contributed by atoms with E-state index in [1.807, 2.05) is 0 Å². The van der Waals surface area contributed by atoms with Crippen molar-refractivity contribution in [2.75, 3.05) is 6.61 Å². The zero-order chi connectivity index (χ0) is 13.3. The van der Waals surface area contributed by atoms with Crippen molar-refractivity contribution in [3.05, 3.63) is 34.4 Å². The number of hydrogen-bond acceptors (Lipinski definition) is 1. The minimum atomic E-state index is 0.434. The standard InChI is InChI=1S/C17H26O/c1-11(2)16-10-15(6-7-18-16)17-13(4)8-12(3)9-14(17)5/h8-9,11,15-16H,6-7,10H2,1-5H3/t15-,16+/m0/s1. The highest BCUT2D eigenvalue weighted by atomic mass is 16.5. The molecule has 0 radical (unpaired) electrons. The Bertz CT molecular complexity index is 397. The summed E-state index contributed by atoms with van der Waals surface area (Å²) < 4.78 is 5.89. The number of rotatable bonds is 2. The topological polar surface area (TPSA) is 9.23 Å². The molecule has 1 aromatic carbocycles. The molecule has 1 nitrogen and oxygen atoms in total. The quantitative estimate of drug-likeness (QED) is 0.745. The number of benzene rings is 1. The van der Waals surface area contributed by atoms with Crippen LogP contribution in [-0.2, 0) is 4.74 Å². The summed E-state index contributed by atoms with van der Waals surface area (Å²) >= 11 is 0. The van der Waals surface area contributed by atoms with Crippen LogP contribution in [0.15, 0.2) is 12.1 Å². The normalized spacial score (nSPS) is 24.6. The highest BCUT2D eigenvalue weighted by Gasteiger charge is 2.27. The molecule has 1 fully saturated rings. The van der Waals surface area contributed by atoms with E-state index in [4.69, 9.17) is 4.74 Å². The van der Waals surface area contributed by atoms with Crippen molar-refractivity contribution in [1.82, 2.24) is 0 Å². The van der Waals surface area contributed by atoms with Gasteiger partial charge in [0.15, 0.2) is 0 Å². The van der Waals surface area contributed by atoms with Crippen molar-refractivity contribution < 1.29 is 4.74 Å². The van der Waals surface area contributed by atoms with Gasteiger partial charge in [0, 0.05) is 6.61 Å². The smallest absolute Gasteiger partial charge is 0.0603 e. The Morgan fingerprint density at radius 3 is 2.28 bits per heavy atom. The molecular formula is C17H26O. The first-order chi connectivity index (χ1) is 8.49. The molecule has 0 bridgehead atoms. The van der Waals surface area contributed by atoms with Gasteiger partial charge in [-0.25, -0.2) is 0 Å². The van der Waals surface area contributed by atoms with Gasteiger partial charge >= 0.3 is 0 Å². The van der Waals surface area contributed by atoms with Crippen LogP contribution in [0.2, 0.25) is 0 Å². The number of aryl methyl sites for hydroxylation is 3. The molecule has 0 amide bonds. The van der Waals surface area contributed by atoms with Gasteiger partial charge in [-0.3, -0.25) is 0 Å². The van der Waals surface area contributed by atoms with Gasteiger partial charge in [-0.05, 0) is 62.1 Å². The molecule has 1 aliphatic heterocycles. The summed E-state index contributed by atoms with van der Waals surface area (Å²) in [6.45, 7) is 12.2. The monoisotopic (exact) mass is 246 g/mol. The zero-order valence-electron chi connectivity index (χ0n) is 12.4. The SMILES string of the molecule is Cc1cc(C)c([C@H]2CCO[C@@H](C(C)C)C2)c(C)c1. The second-order valence-corrected chi connectivity index (χ2v) is 6.19. The van der Waals surface area contributed by atoms with Crippen LogP contribution < -0.4 is 0 Å². The fourth-order valence-electron chi connectivity index (χ4n) is 3.39. The molecule has 0 aliphatic carbocycles. The van der Waals surface area contributed by atoms with Crippen LogP contribution in [0, 0.1) is 26.7 Å². The molecule has 2 atom stereocenters. The van der Waals surface area contributed by atoms with Crippen molar-refractivity contribution in [3.63, 3.8) is 0 Å². The van der Waals surface area contributed by atoms with E-state index in [2.05, 4.69) is 46.8 Å². The molecule has 0 spiro atoms. The molecule has 0 N–H and O–H groups in total. The van der Waals surface area contributed by atoms with E-state index in [1.54, 1.807) is 5.56 Å². The molecule has 1 heteroatoms. The van der Waals surface area contributed by atoms with Gasteiger partial charge in [0.1, 0.15) is 0 Å². The van der Waals surface area contributed by atoms with E-state index in [0.29, 0.717) is 17.9 Å². The fourth-order valence-corrected chi connectivity index (χ4v) is 3.39. The lowest BCUT2D eigenvalue weighted by atomic mass is 9.81. The molecule has 1 aliphatic rings. The predicted octanol–water partition coefficient (Wildman–Crippen LogP) is 4.53. The van der Waals surface area contributed by atoms with Crippen molar-refractivity contribution in [2.24, 2.45) is 5.92 Å². The summed E-state index contributed by atoms with van der Waals surface area (Å²) in [5.74, 6) is 1.31. The second kappa shape index (κ2) is 5.44. The second-order valence-electron chi connectivity index (χ2n) is 6.19. The van der Waals surface area contributed by atoms with Crippen LogP contribution in [0.4, 0.5) is 0 Å². The maximum Gasteiger partial charge on any atom is 0.0603 e. The molecule has 0 saturated carbocycles. The highest BCUT2D eigenvalue weighted by molar-refractivity contribution is 5.40. The van der Waals surface area contributed by atoms with Gasteiger partial charge in [-0.15, -0.1) is 0 Å². The van der Waals surface area contributed by atoms with Gasteiger partial charge in [0.05, 0.1) is 6.10 Å². The zero-order valence-corrected chi connectivity index (χ0v) is 12.4. The Morgan fingerprint density at radius 1 is 1.11 bits per heavy atom. The minimum Gasteiger partial charge on any atom is -0.378 e. The average Bonchev–Trinajstić information content (AvgIpc) is 2.28. The summed E-state index contributed by atoms with van der Waals surface area (Å²) in [7, 11) is 0. The summed E-state index contributed by atoms with van der Waals surface area (Å²) in [5.41, 5.74) is 5.87. The molecule has 1 heterocycles. The van der Waals surface area contributed by atoms with E-state index in [9.17, 15) is 0 Å². The summed E-state index contributed by atoms with van der Waals surface area (Å²) in [4.78, 5) is 0. The third-order valence-corrected chi connectivity index (χ3v) is 4.20. The van der Waals surface area contributed by atoms with Crippen LogP contribution in [0.3, 0.4) is 0 Å². The van der Waals surface area contributed by atoms with Gasteiger partial charge in [0.25, 0.3) is 0 Å². The molecule has 18 heavy (non-hydrogen) atoms. The fraction of sp³-hybridized carbons (Fsp3) is 0.647. The van der Waals surface area contributed by atoms with Crippen LogP contribution in [-0.4, -0.2) is 12.7 Å². The van der Waals surface area contributed by atoms with Gasteiger partial charge in [0.2, 0.25) is 0 Å². The maximum absolute atomic E-state index is 5.89. The summed E-state index contributed by atoms with van der Waals surface area (Å²) in [6.07, 6.45) is 2.79. The van der Waals surface area contributed by atoms with E-state index in [0.717, 1.165) is 6.61 Å². The predicted molar refractivity (Wildman–Crippen MR) is 77.2 cm³/mol. The van der Waals surface area contributed by atoms with Crippen LogP contribution in [0.25, 0.3) is 0 Å². The van der Waals surface area contributed by atoms with Crippen molar-refractivity contribution in [2.45, 2.75) is 59.5 Å². The Hall–Kier alpha value is -0.820. The Morgan fingerprint density at radius 2 is 1.72 bits per heavy atom. The van der Waals surface area contributed by atoms with Gasteiger partial charge < -0.3 is 4.74 Å². The summed E-state index contributed by atoms with van der Waals surface area (Å²) in [5, 5.41) is 0. The molecule has 100 valence electrons. The van der Waals surface area contributed by atoms with Crippen molar-refractivity contribution >= 4 is 0 Å².